The second kappa shape index (κ2) is 7.97. The molecule has 0 saturated heterocycles. The standard InChI is InChI=1S/C18H21FN2O4/c1-12(16(22)21-18(11-20)8-4-3-5-9-18)25-17(23)13-6-7-15(24-2)14(19)10-13/h6-7,10,12H,3-5,8-9H2,1-2H3,(H,21,22)/t12-/m0/s1. The van der Waals surface area contributed by atoms with E-state index in [1.807, 2.05) is 0 Å². The van der Waals surface area contributed by atoms with Crippen LogP contribution in [0.5, 0.6) is 5.75 Å². The fourth-order valence-electron chi connectivity index (χ4n) is 2.83. The number of methoxy groups -OCH3 is 1. The number of carbonyl (C=O) groups excluding carboxylic acids is 2. The van der Waals surface area contributed by atoms with E-state index in [1.54, 1.807) is 0 Å². The van der Waals surface area contributed by atoms with Gasteiger partial charge in [-0.25, -0.2) is 9.18 Å². The third-order valence-electron chi connectivity index (χ3n) is 4.32. The topological polar surface area (TPSA) is 88.4 Å². The van der Waals surface area contributed by atoms with Gasteiger partial charge in [0.25, 0.3) is 5.91 Å². The largest absolute Gasteiger partial charge is 0.494 e. The highest BCUT2D eigenvalue weighted by Crippen LogP contribution is 2.27. The van der Waals surface area contributed by atoms with Crippen LogP contribution in [0.3, 0.4) is 0 Å². The number of rotatable bonds is 5. The summed E-state index contributed by atoms with van der Waals surface area (Å²) < 4.78 is 23.5. The Morgan fingerprint density at radius 3 is 2.56 bits per heavy atom. The molecule has 0 radical (unpaired) electrons. The number of esters is 1. The molecule has 0 heterocycles. The molecular formula is C18H21FN2O4. The normalized spacial score (nSPS) is 17.0. The van der Waals surface area contributed by atoms with Gasteiger partial charge in [0.15, 0.2) is 17.7 Å². The van der Waals surface area contributed by atoms with Crippen LogP contribution in [0.25, 0.3) is 0 Å². The van der Waals surface area contributed by atoms with Crippen LogP contribution in [-0.2, 0) is 9.53 Å². The van der Waals surface area contributed by atoms with Crippen molar-refractivity contribution in [1.82, 2.24) is 5.32 Å². The van der Waals surface area contributed by atoms with Crippen LogP contribution in [0.4, 0.5) is 4.39 Å². The minimum atomic E-state index is -1.09. The summed E-state index contributed by atoms with van der Waals surface area (Å²) >= 11 is 0. The number of carbonyl (C=O) groups is 2. The predicted molar refractivity (Wildman–Crippen MR) is 87.4 cm³/mol. The van der Waals surface area contributed by atoms with Gasteiger partial charge in [-0.2, -0.15) is 5.26 Å². The lowest BCUT2D eigenvalue weighted by molar-refractivity contribution is -0.130. The minimum absolute atomic E-state index is 0.00982. The maximum Gasteiger partial charge on any atom is 0.339 e. The summed E-state index contributed by atoms with van der Waals surface area (Å²) in [5, 5.41) is 12.1. The number of ether oxygens (including phenoxy) is 2. The van der Waals surface area contributed by atoms with Crippen molar-refractivity contribution in [2.75, 3.05) is 7.11 Å². The van der Waals surface area contributed by atoms with E-state index >= 15 is 0 Å². The van der Waals surface area contributed by atoms with Gasteiger partial charge in [-0.05, 0) is 38.0 Å². The molecule has 0 spiro atoms. The molecule has 134 valence electrons. The van der Waals surface area contributed by atoms with Crippen molar-refractivity contribution in [1.29, 1.82) is 5.26 Å². The first kappa shape index (κ1) is 18.7. The molecule has 1 aromatic carbocycles. The Morgan fingerprint density at radius 1 is 1.32 bits per heavy atom. The Balaban J connectivity index is 1.99. The predicted octanol–water partition coefficient (Wildman–Crippen LogP) is 2.72. The first-order chi connectivity index (χ1) is 11.9. The number of nitriles is 1. The smallest absolute Gasteiger partial charge is 0.339 e. The molecule has 1 atom stereocenters. The molecule has 1 amide bonds. The molecular weight excluding hydrogens is 327 g/mol. The Kier molecular flexibility index (Phi) is 5.97. The van der Waals surface area contributed by atoms with Gasteiger partial charge in [-0.3, -0.25) is 4.79 Å². The quantitative estimate of drug-likeness (QED) is 0.827. The lowest BCUT2D eigenvalue weighted by Gasteiger charge is -2.32. The summed E-state index contributed by atoms with van der Waals surface area (Å²) in [7, 11) is 1.32. The monoisotopic (exact) mass is 348 g/mol. The zero-order valence-electron chi connectivity index (χ0n) is 14.3. The Bertz CT molecular complexity index is 693. The first-order valence-electron chi connectivity index (χ1n) is 8.18. The average Bonchev–Trinajstić information content (AvgIpc) is 2.62. The van der Waals surface area contributed by atoms with E-state index in [0.717, 1.165) is 25.3 Å². The molecule has 1 N–H and O–H groups in total. The van der Waals surface area contributed by atoms with Crippen LogP contribution < -0.4 is 10.1 Å². The third-order valence-corrected chi connectivity index (χ3v) is 4.32. The Labute approximate surface area is 145 Å². The minimum Gasteiger partial charge on any atom is -0.494 e. The van der Waals surface area contributed by atoms with Gasteiger partial charge in [-0.15, -0.1) is 0 Å². The van der Waals surface area contributed by atoms with Crippen molar-refractivity contribution in [2.24, 2.45) is 0 Å². The van der Waals surface area contributed by atoms with E-state index in [2.05, 4.69) is 11.4 Å². The van der Waals surface area contributed by atoms with Gasteiger partial charge in [-0.1, -0.05) is 19.3 Å². The van der Waals surface area contributed by atoms with Crippen LogP contribution in [-0.4, -0.2) is 30.6 Å². The van der Waals surface area contributed by atoms with Crippen molar-refractivity contribution in [3.8, 4) is 11.8 Å². The number of hydrogen-bond donors (Lipinski definition) is 1. The van der Waals surface area contributed by atoms with Gasteiger partial charge in [0.05, 0.1) is 18.7 Å². The molecule has 1 aliphatic rings. The SMILES string of the molecule is COc1ccc(C(=O)O[C@@H](C)C(=O)NC2(C#N)CCCCC2)cc1F. The average molecular weight is 348 g/mol. The van der Waals surface area contributed by atoms with Crippen molar-refractivity contribution in [3.05, 3.63) is 29.6 Å². The lowest BCUT2D eigenvalue weighted by Crippen LogP contribution is -2.52. The molecule has 1 aliphatic carbocycles. The van der Waals surface area contributed by atoms with E-state index in [4.69, 9.17) is 9.47 Å². The summed E-state index contributed by atoms with van der Waals surface area (Å²) in [6.45, 7) is 1.42. The van der Waals surface area contributed by atoms with E-state index in [-0.39, 0.29) is 11.3 Å². The molecule has 0 unspecified atom stereocenters. The Morgan fingerprint density at radius 2 is 2.00 bits per heavy atom. The number of amides is 1. The van der Waals surface area contributed by atoms with E-state index in [1.165, 1.54) is 26.2 Å². The number of benzene rings is 1. The summed E-state index contributed by atoms with van der Waals surface area (Å²) in [4.78, 5) is 24.4. The maximum absolute atomic E-state index is 13.7. The second-order valence-corrected chi connectivity index (χ2v) is 6.14. The van der Waals surface area contributed by atoms with Crippen molar-refractivity contribution in [2.45, 2.75) is 50.7 Å². The fourth-order valence-corrected chi connectivity index (χ4v) is 2.83. The molecule has 1 aromatic rings. The molecule has 2 rings (SSSR count). The molecule has 0 aliphatic heterocycles. The van der Waals surface area contributed by atoms with E-state index < -0.39 is 29.3 Å². The van der Waals surface area contributed by atoms with Crippen LogP contribution in [0.1, 0.15) is 49.4 Å². The summed E-state index contributed by atoms with van der Waals surface area (Å²) in [6, 6.07) is 5.83. The number of halogens is 1. The van der Waals surface area contributed by atoms with Gasteiger partial charge in [0.1, 0.15) is 5.54 Å². The van der Waals surface area contributed by atoms with Crippen LogP contribution >= 0.6 is 0 Å². The summed E-state index contributed by atoms with van der Waals surface area (Å²) in [5.74, 6) is -2.04. The van der Waals surface area contributed by atoms with Crippen molar-refractivity contribution < 1.29 is 23.5 Å². The first-order valence-corrected chi connectivity index (χ1v) is 8.18. The Hall–Kier alpha value is -2.62. The molecule has 7 heteroatoms. The van der Waals surface area contributed by atoms with Crippen LogP contribution in [0.2, 0.25) is 0 Å². The number of nitrogens with one attached hydrogen (secondary N) is 1. The number of nitrogens with zero attached hydrogens (tertiary/aromatic N) is 1. The van der Waals surface area contributed by atoms with E-state index in [0.29, 0.717) is 12.8 Å². The van der Waals surface area contributed by atoms with Crippen LogP contribution in [0.15, 0.2) is 18.2 Å². The second-order valence-electron chi connectivity index (χ2n) is 6.14. The zero-order valence-corrected chi connectivity index (χ0v) is 14.3. The molecule has 0 aromatic heterocycles. The van der Waals surface area contributed by atoms with Gasteiger partial charge < -0.3 is 14.8 Å². The zero-order chi connectivity index (χ0) is 18.4. The summed E-state index contributed by atoms with van der Waals surface area (Å²) in [5.41, 5.74) is -0.923. The highest BCUT2D eigenvalue weighted by atomic mass is 19.1. The molecule has 6 nitrogen and oxygen atoms in total. The van der Waals surface area contributed by atoms with Crippen molar-refractivity contribution in [3.63, 3.8) is 0 Å². The lowest BCUT2D eigenvalue weighted by atomic mass is 9.83. The van der Waals surface area contributed by atoms with Gasteiger partial charge >= 0.3 is 5.97 Å². The molecule has 0 bridgehead atoms. The molecule has 1 fully saturated rings. The van der Waals surface area contributed by atoms with Crippen molar-refractivity contribution >= 4 is 11.9 Å². The van der Waals surface area contributed by atoms with E-state index in [9.17, 15) is 19.2 Å². The summed E-state index contributed by atoms with van der Waals surface area (Å²) in [6.07, 6.45) is 2.84. The highest BCUT2D eigenvalue weighted by Gasteiger charge is 2.35. The molecule has 1 saturated carbocycles. The van der Waals surface area contributed by atoms with Gasteiger partial charge in [0.2, 0.25) is 0 Å². The third kappa shape index (κ3) is 4.47. The fraction of sp³-hybridized carbons (Fsp3) is 0.500. The van der Waals surface area contributed by atoms with Gasteiger partial charge in [0, 0.05) is 0 Å². The number of hydrogen-bond acceptors (Lipinski definition) is 5. The maximum atomic E-state index is 13.7. The van der Waals surface area contributed by atoms with Crippen LogP contribution in [0, 0.1) is 17.1 Å². The highest BCUT2D eigenvalue weighted by molar-refractivity contribution is 5.92. The molecule has 25 heavy (non-hydrogen) atoms.